The predicted octanol–water partition coefficient (Wildman–Crippen LogP) is 1.54. The first-order chi connectivity index (χ1) is 12.2. The molecular formula is C19H27N3O3. The van der Waals surface area contributed by atoms with Crippen molar-refractivity contribution < 1.29 is 14.3 Å². The van der Waals surface area contributed by atoms with Crippen LogP contribution in [0.25, 0.3) is 0 Å². The van der Waals surface area contributed by atoms with Gasteiger partial charge in [0.2, 0.25) is 12.7 Å². The molecule has 0 N–H and O–H groups in total. The normalized spacial score (nSPS) is 24.0. The van der Waals surface area contributed by atoms with E-state index in [-0.39, 0.29) is 0 Å². The molecule has 0 aliphatic carbocycles. The molecule has 1 atom stereocenters. The van der Waals surface area contributed by atoms with E-state index in [2.05, 4.69) is 29.0 Å². The Morgan fingerprint density at radius 2 is 1.92 bits per heavy atom. The van der Waals surface area contributed by atoms with E-state index < -0.39 is 0 Å². The van der Waals surface area contributed by atoms with E-state index in [1.165, 1.54) is 12.0 Å². The molecule has 25 heavy (non-hydrogen) atoms. The lowest BCUT2D eigenvalue weighted by molar-refractivity contribution is -0.134. The lowest BCUT2D eigenvalue weighted by Gasteiger charge is -2.35. The molecule has 3 aliphatic rings. The molecule has 0 bridgehead atoms. The van der Waals surface area contributed by atoms with Crippen molar-refractivity contribution in [2.75, 3.05) is 46.6 Å². The second-order valence-electron chi connectivity index (χ2n) is 7.33. The Kier molecular flexibility index (Phi) is 4.81. The van der Waals surface area contributed by atoms with Gasteiger partial charge in [-0.15, -0.1) is 0 Å². The minimum atomic E-state index is 0.315. The van der Waals surface area contributed by atoms with Gasteiger partial charge in [-0.2, -0.15) is 0 Å². The van der Waals surface area contributed by atoms with Crippen LogP contribution in [0.15, 0.2) is 18.2 Å². The fourth-order valence-corrected chi connectivity index (χ4v) is 4.02. The van der Waals surface area contributed by atoms with Gasteiger partial charge in [0.05, 0.1) is 0 Å². The zero-order valence-electron chi connectivity index (χ0n) is 14.9. The molecule has 1 amide bonds. The number of piperazine rings is 1. The van der Waals surface area contributed by atoms with Gasteiger partial charge in [-0.3, -0.25) is 9.69 Å². The van der Waals surface area contributed by atoms with Gasteiger partial charge in [-0.1, -0.05) is 6.07 Å². The standard InChI is InChI=1S/C19H27N3O3/c1-20-6-2-3-16(20)12-19(23)22-9-7-21(8-10-22)13-15-4-5-17-18(11-15)25-14-24-17/h4-5,11,16H,2-3,6-10,12-14H2,1H3. The minimum Gasteiger partial charge on any atom is -0.454 e. The van der Waals surface area contributed by atoms with Crippen molar-refractivity contribution in [2.45, 2.75) is 31.8 Å². The zero-order chi connectivity index (χ0) is 17.2. The van der Waals surface area contributed by atoms with Crippen LogP contribution in [-0.2, 0) is 11.3 Å². The Bertz CT molecular complexity index is 628. The molecule has 0 radical (unpaired) electrons. The van der Waals surface area contributed by atoms with Crippen LogP contribution in [-0.4, -0.2) is 73.2 Å². The number of fused-ring (bicyclic) bond motifs is 1. The molecule has 1 aromatic rings. The van der Waals surface area contributed by atoms with Crippen LogP contribution in [0.3, 0.4) is 0 Å². The fraction of sp³-hybridized carbons (Fsp3) is 0.632. The number of nitrogens with zero attached hydrogens (tertiary/aromatic N) is 3. The third kappa shape index (κ3) is 3.75. The van der Waals surface area contributed by atoms with Gasteiger partial charge in [0.15, 0.2) is 11.5 Å². The summed E-state index contributed by atoms with van der Waals surface area (Å²) in [7, 11) is 2.13. The summed E-state index contributed by atoms with van der Waals surface area (Å²) in [6.45, 7) is 5.86. The molecule has 6 heteroatoms. The summed E-state index contributed by atoms with van der Waals surface area (Å²) in [4.78, 5) is 19.3. The van der Waals surface area contributed by atoms with Gasteiger partial charge < -0.3 is 19.3 Å². The number of likely N-dealkylation sites (tertiary alicyclic amines) is 1. The molecule has 4 rings (SSSR count). The Morgan fingerprint density at radius 3 is 2.68 bits per heavy atom. The van der Waals surface area contributed by atoms with Crippen molar-refractivity contribution in [2.24, 2.45) is 0 Å². The SMILES string of the molecule is CN1CCCC1CC(=O)N1CCN(Cc2ccc3c(c2)OCO3)CC1. The molecule has 2 fully saturated rings. The maximum Gasteiger partial charge on any atom is 0.231 e. The highest BCUT2D eigenvalue weighted by molar-refractivity contribution is 5.77. The molecule has 0 saturated carbocycles. The maximum absolute atomic E-state index is 12.5. The summed E-state index contributed by atoms with van der Waals surface area (Å²) in [6, 6.07) is 6.59. The van der Waals surface area contributed by atoms with E-state index in [9.17, 15) is 4.79 Å². The number of carbonyl (C=O) groups excluding carboxylic acids is 1. The van der Waals surface area contributed by atoms with E-state index in [4.69, 9.17) is 9.47 Å². The van der Waals surface area contributed by atoms with Crippen molar-refractivity contribution >= 4 is 5.91 Å². The van der Waals surface area contributed by atoms with E-state index >= 15 is 0 Å². The van der Waals surface area contributed by atoms with E-state index in [0.717, 1.165) is 57.2 Å². The number of amides is 1. The van der Waals surface area contributed by atoms with E-state index in [1.807, 2.05) is 11.0 Å². The molecule has 6 nitrogen and oxygen atoms in total. The molecule has 1 aromatic carbocycles. The lowest BCUT2D eigenvalue weighted by Crippen LogP contribution is -2.49. The molecule has 3 aliphatic heterocycles. The Labute approximate surface area is 149 Å². The first-order valence-corrected chi connectivity index (χ1v) is 9.28. The first kappa shape index (κ1) is 16.7. The smallest absolute Gasteiger partial charge is 0.231 e. The average Bonchev–Trinajstić information content (AvgIpc) is 3.24. The molecule has 0 spiro atoms. The highest BCUT2D eigenvalue weighted by Crippen LogP contribution is 2.32. The number of ether oxygens (including phenoxy) is 2. The average molecular weight is 345 g/mol. The van der Waals surface area contributed by atoms with Crippen LogP contribution >= 0.6 is 0 Å². The highest BCUT2D eigenvalue weighted by atomic mass is 16.7. The van der Waals surface area contributed by atoms with Crippen LogP contribution in [0.2, 0.25) is 0 Å². The van der Waals surface area contributed by atoms with E-state index in [0.29, 0.717) is 25.2 Å². The van der Waals surface area contributed by atoms with Gasteiger partial charge in [0, 0.05) is 45.2 Å². The lowest BCUT2D eigenvalue weighted by atomic mass is 10.1. The van der Waals surface area contributed by atoms with Gasteiger partial charge in [-0.05, 0) is 44.1 Å². The third-order valence-electron chi connectivity index (χ3n) is 5.65. The third-order valence-corrected chi connectivity index (χ3v) is 5.65. The maximum atomic E-state index is 12.5. The van der Waals surface area contributed by atoms with Gasteiger partial charge in [0.25, 0.3) is 0 Å². The van der Waals surface area contributed by atoms with Gasteiger partial charge >= 0.3 is 0 Å². The summed E-state index contributed by atoms with van der Waals surface area (Å²) >= 11 is 0. The van der Waals surface area contributed by atoms with Crippen LogP contribution in [0.1, 0.15) is 24.8 Å². The molecule has 2 saturated heterocycles. The molecule has 0 aromatic heterocycles. The molecule has 1 unspecified atom stereocenters. The zero-order valence-corrected chi connectivity index (χ0v) is 14.9. The molecule has 136 valence electrons. The molecular weight excluding hydrogens is 318 g/mol. The van der Waals surface area contributed by atoms with Gasteiger partial charge in [-0.25, -0.2) is 0 Å². The van der Waals surface area contributed by atoms with Crippen LogP contribution in [0.4, 0.5) is 0 Å². The van der Waals surface area contributed by atoms with Crippen molar-refractivity contribution in [3.8, 4) is 11.5 Å². The van der Waals surface area contributed by atoms with E-state index in [1.54, 1.807) is 0 Å². The van der Waals surface area contributed by atoms with Crippen molar-refractivity contribution in [1.82, 2.24) is 14.7 Å². The van der Waals surface area contributed by atoms with Crippen molar-refractivity contribution in [3.63, 3.8) is 0 Å². The Balaban J connectivity index is 1.26. The first-order valence-electron chi connectivity index (χ1n) is 9.28. The second-order valence-corrected chi connectivity index (χ2v) is 7.33. The fourth-order valence-electron chi connectivity index (χ4n) is 4.02. The largest absolute Gasteiger partial charge is 0.454 e. The topological polar surface area (TPSA) is 45.3 Å². The summed E-state index contributed by atoms with van der Waals surface area (Å²) in [5.74, 6) is 1.99. The number of rotatable bonds is 4. The summed E-state index contributed by atoms with van der Waals surface area (Å²) in [5.41, 5.74) is 1.23. The number of hydrogen-bond acceptors (Lipinski definition) is 5. The number of hydrogen-bond donors (Lipinski definition) is 0. The summed E-state index contributed by atoms with van der Waals surface area (Å²) in [6.07, 6.45) is 3.06. The molecule has 3 heterocycles. The number of benzene rings is 1. The minimum absolute atomic E-state index is 0.315. The van der Waals surface area contributed by atoms with Crippen LogP contribution < -0.4 is 9.47 Å². The van der Waals surface area contributed by atoms with Crippen LogP contribution in [0, 0.1) is 0 Å². The highest BCUT2D eigenvalue weighted by Gasteiger charge is 2.27. The van der Waals surface area contributed by atoms with Crippen molar-refractivity contribution in [3.05, 3.63) is 23.8 Å². The van der Waals surface area contributed by atoms with Gasteiger partial charge in [0.1, 0.15) is 0 Å². The predicted molar refractivity (Wildman–Crippen MR) is 94.7 cm³/mol. The van der Waals surface area contributed by atoms with Crippen molar-refractivity contribution in [1.29, 1.82) is 0 Å². The second kappa shape index (κ2) is 7.22. The Morgan fingerprint density at radius 1 is 1.12 bits per heavy atom. The Hall–Kier alpha value is -1.79. The number of carbonyl (C=O) groups is 1. The summed E-state index contributed by atoms with van der Waals surface area (Å²) in [5, 5.41) is 0. The van der Waals surface area contributed by atoms with Crippen LogP contribution in [0.5, 0.6) is 11.5 Å². The summed E-state index contributed by atoms with van der Waals surface area (Å²) < 4.78 is 10.8. The quantitative estimate of drug-likeness (QED) is 0.828. The monoisotopic (exact) mass is 345 g/mol.